The summed E-state index contributed by atoms with van der Waals surface area (Å²) in [7, 11) is 2.99. The molecule has 0 fully saturated rings. The number of ether oxygens (including phenoxy) is 2. The highest BCUT2D eigenvalue weighted by Crippen LogP contribution is 2.28. The minimum Gasteiger partial charge on any atom is -0.497 e. The predicted molar refractivity (Wildman–Crippen MR) is 86.1 cm³/mol. The number of aliphatic carboxylic acids is 1. The van der Waals surface area contributed by atoms with Crippen LogP contribution in [-0.4, -0.2) is 49.4 Å². The second kappa shape index (κ2) is 9.04. The van der Waals surface area contributed by atoms with Crippen molar-refractivity contribution in [3.05, 3.63) is 18.2 Å². The number of urea groups is 1. The monoisotopic (exact) mass is 328 g/mol. The molecule has 1 aromatic carbocycles. The Hall–Kier alpha value is -2.09. The molecule has 0 aliphatic rings. The Morgan fingerprint density at radius 2 is 2.05 bits per heavy atom. The first-order valence-electron chi connectivity index (χ1n) is 6.53. The van der Waals surface area contributed by atoms with Gasteiger partial charge >= 0.3 is 12.0 Å². The number of carboxylic acid groups (broad SMARTS) is 1. The molecule has 0 aliphatic carbocycles. The SMILES string of the molecule is COc1ccc(NC(=O)NC(CCSC)C(=O)O)c(OC)c1. The van der Waals surface area contributed by atoms with E-state index in [1.165, 1.54) is 26.0 Å². The third-order valence-electron chi connectivity index (χ3n) is 2.87. The second-order valence-electron chi connectivity index (χ2n) is 4.34. The molecule has 2 amide bonds. The summed E-state index contributed by atoms with van der Waals surface area (Å²) in [6.45, 7) is 0. The molecule has 0 bridgehead atoms. The highest BCUT2D eigenvalue weighted by molar-refractivity contribution is 7.98. The highest BCUT2D eigenvalue weighted by Gasteiger charge is 2.20. The van der Waals surface area contributed by atoms with Crippen LogP contribution in [0.1, 0.15) is 6.42 Å². The zero-order valence-corrected chi connectivity index (χ0v) is 13.5. The van der Waals surface area contributed by atoms with Gasteiger partial charge in [-0.05, 0) is 30.6 Å². The third kappa shape index (κ3) is 5.36. The van der Waals surface area contributed by atoms with Gasteiger partial charge in [-0.2, -0.15) is 11.8 Å². The van der Waals surface area contributed by atoms with Gasteiger partial charge in [0.05, 0.1) is 19.9 Å². The number of carbonyl (C=O) groups is 2. The number of methoxy groups -OCH3 is 2. The zero-order valence-electron chi connectivity index (χ0n) is 12.7. The molecule has 0 heterocycles. The number of anilines is 1. The lowest BCUT2D eigenvalue weighted by Gasteiger charge is -2.16. The van der Waals surface area contributed by atoms with Gasteiger partial charge in [-0.1, -0.05) is 0 Å². The maximum absolute atomic E-state index is 11.9. The summed E-state index contributed by atoms with van der Waals surface area (Å²) < 4.78 is 10.2. The van der Waals surface area contributed by atoms with Gasteiger partial charge in [0.2, 0.25) is 0 Å². The van der Waals surface area contributed by atoms with Crippen LogP contribution in [0.3, 0.4) is 0 Å². The van der Waals surface area contributed by atoms with E-state index in [9.17, 15) is 9.59 Å². The summed E-state index contributed by atoms with van der Waals surface area (Å²) in [4.78, 5) is 23.0. The number of nitrogens with one attached hydrogen (secondary N) is 2. The van der Waals surface area contributed by atoms with Crippen molar-refractivity contribution >= 4 is 29.4 Å². The standard InChI is InChI=1S/C14H20N2O5S/c1-20-9-4-5-10(12(8-9)21-2)15-14(19)16-11(13(17)18)6-7-22-3/h4-5,8,11H,6-7H2,1-3H3,(H,17,18)(H2,15,16,19). The number of amides is 2. The quantitative estimate of drug-likeness (QED) is 0.675. The Balaban J connectivity index is 2.73. The Morgan fingerprint density at radius 1 is 1.32 bits per heavy atom. The number of rotatable bonds is 8. The van der Waals surface area contributed by atoms with Crippen LogP contribution in [-0.2, 0) is 4.79 Å². The molecular formula is C14H20N2O5S. The molecule has 0 saturated heterocycles. The van der Waals surface area contributed by atoms with Crippen molar-refractivity contribution in [1.29, 1.82) is 0 Å². The fourth-order valence-corrected chi connectivity index (χ4v) is 2.18. The van der Waals surface area contributed by atoms with Crippen LogP contribution in [0.4, 0.5) is 10.5 Å². The third-order valence-corrected chi connectivity index (χ3v) is 3.51. The lowest BCUT2D eigenvalue weighted by atomic mass is 10.2. The molecule has 1 atom stereocenters. The van der Waals surface area contributed by atoms with Crippen molar-refractivity contribution in [1.82, 2.24) is 5.32 Å². The molecule has 0 aromatic heterocycles. The number of carbonyl (C=O) groups excluding carboxylic acids is 1. The van der Waals surface area contributed by atoms with Gasteiger partial charge in [0.25, 0.3) is 0 Å². The van der Waals surface area contributed by atoms with Crippen molar-refractivity contribution < 1.29 is 24.2 Å². The molecule has 7 nitrogen and oxygen atoms in total. The van der Waals surface area contributed by atoms with Gasteiger partial charge in [-0.3, -0.25) is 0 Å². The Bertz CT molecular complexity index is 524. The van der Waals surface area contributed by atoms with E-state index in [2.05, 4.69) is 10.6 Å². The number of hydrogen-bond acceptors (Lipinski definition) is 5. The number of carboxylic acids is 1. The molecule has 1 rings (SSSR count). The van der Waals surface area contributed by atoms with Gasteiger partial charge in [0.1, 0.15) is 17.5 Å². The Morgan fingerprint density at radius 3 is 2.59 bits per heavy atom. The summed E-state index contributed by atoms with van der Waals surface area (Å²) in [5.74, 6) is 0.589. The number of thioether (sulfide) groups is 1. The van der Waals surface area contributed by atoms with Crippen molar-refractivity contribution in [2.75, 3.05) is 31.5 Å². The van der Waals surface area contributed by atoms with Crippen LogP contribution in [0.15, 0.2) is 18.2 Å². The molecule has 0 radical (unpaired) electrons. The Kier molecular flexibility index (Phi) is 7.38. The summed E-state index contributed by atoms with van der Waals surface area (Å²) in [5.41, 5.74) is 0.426. The average Bonchev–Trinajstić information content (AvgIpc) is 2.51. The molecule has 0 saturated carbocycles. The summed E-state index contributed by atoms with van der Waals surface area (Å²) in [6.07, 6.45) is 2.23. The summed E-state index contributed by atoms with van der Waals surface area (Å²) in [5, 5.41) is 14.1. The van der Waals surface area contributed by atoms with Gasteiger partial charge in [-0.25, -0.2) is 9.59 Å². The van der Waals surface area contributed by atoms with Crippen LogP contribution in [0.25, 0.3) is 0 Å². The van der Waals surface area contributed by atoms with Crippen molar-refractivity contribution in [2.45, 2.75) is 12.5 Å². The van der Waals surface area contributed by atoms with E-state index in [0.717, 1.165) is 0 Å². The first-order chi connectivity index (χ1) is 10.5. The van der Waals surface area contributed by atoms with Crippen molar-refractivity contribution in [3.8, 4) is 11.5 Å². The largest absolute Gasteiger partial charge is 0.497 e. The highest BCUT2D eigenvalue weighted by atomic mass is 32.2. The summed E-state index contributed by atoms with van der Waals surface area (Å²) in [6, 6.07) is 3.38. The molecule has 8 heteroatoms. The minimum absolute atomic E-state index is 0.351. The molecular weight excluding hydrogens is 308 g/mol. The number of hydrogen-bond donors (Lipinski definition) is 3. The van der Waals surface area contributed by atoms with Crippen LogP contribution in [0, 0.1) is 0 Å². The van der Waals surface area contributed by atoms with E-state index < -0.39 is 18.0 Å². The average molecular weight is 328 g/mol. The second-order valence-corrected chi connectivity index (χ2v) is 5.32. The van der Waals surface area contributed by atoms with Crippen LogP contribution < -0.4 is 20.1 Å². The fraction of sp³-hybridized carbons (Fsp3) is 0.429. The molecule has 0 spiro atoms. The maximum Gasteiger partial charge on any atom is 0.326 e. The maximum atomic E-state index is 11.9. The molecule has 3 N–H and O–H groups in total. The van der Waals surface area contributed by atoms with Crippen molar-refractivity contribution in [3.63, 3.8) is 0 Å². The number of benzene rings is 1. The first-order valence-corrected chi connectivity index (χ1v) is 7.92. The van der Waals surface area contributed by atoms with Gasteiger partial charge in [0.15, 0.2) is 0 Å². The van der Waals surface area contributed by atoms with Gasteiger partial charge in [0, 0.05) is 6.07 Å². The minimum atomic E-state index is -1.06. The van der Waals surface area contributed by atoms with Crippen LogP contribution in [0.5, 0.6) is 11.5 Å². The van der Waals surface area contributed by atoms with Crippen LogP contribution >= 0.6 is 11.8 Å². The molecule has 1 aromatic rings. The van der Waals surface area contributed by atoms with E-state index >= 15 is 0 Å². The molecule has 0 aliphatic heterocycles. The molecule has 122 valence electrons. The van der Waals surface area contributed by atoms with Crippen LogP contribution in [0.2, 0.25) is 0 Å². The summed E-state index contributed by atoms with van der Waals surface area (Å²) >= 11 is 1.52. The van der Waals surface area contributed by atoms with E-state index in [0.29, 0.717) is 29.4 Å². The normalized spacial score (nSPS) is 11.4. The smallest absolute Gasteiger partial charge is 0.326 e. The topological polar surface area (TPSA) is 96.9 Å². The first kappa shape index (κ1) is 18.0. The molecule has 1 unspecified atom stereocenters. The Labute approximate surface area is 133 Å². The zero-order chi connectivity index (χ0) is 16.5. The lowest BCUT2D eigenvalue weighted by molar-refractivity contribution is -0.139. The van der Waals surface area contributed by atoms with Gasteiger partial charge in [-0.15, -0.1) is 0 Å². The van der Waals surface area contributed by atoms with E-state index in [-0.39, 0.29) is 0 Å². The molecule has 22 heavy (non-hydrogen) atoms. The fourth-order valence-electron chi connectivity index (χ4n) is 1.71. The lowest BCUT2D eigenvalue weighted by Crippen LogP contribution is -2.43. The van der Waals surface area contributed by atoms with Gasteiger partial charge < -0.3 is 25.2 Å². The van der Waals surface area contributed by atoms with Crippen molar-refractivity contribution in [2.24, 2.45) is 0 Å². The van der Waals surface area contributed by atoms with E-state index in [4.69, 9.17) is 14.6 Å². The van der Waals surface area contributed by atoms with E-state index in [1.54, 1.807) is 18.2 Å². The predicted octanol–water partition coefficient (Wildman–Crippen LogP) is 2.03. The van der Waals surface area contributed by atoms with E-state index in [1.807, 2.05) is 6.26 Å².